The molecule has 3 aromatic rings. The Kier molecular flexibility index (Phi) is 7.15. The van der Waals surface area contributed by atoms with Crippen molar-refractivity contribution in [1.29, 1.82) is 0 Å². The fourth-order valence-corrected chi connectivity index (χ4v) is 4.17. The van der Waals surface area contributed by atoms with Crippen molar-refractivity contribution in [2.24, 2.45) is 0 Å². The van der Waals surface area contributed by atoms with Gasteiger partial charge in [-0.25, -0.2) is 0 Å². The van der Waals surface area contributed by atoms with Crippen molar-refractivity contribution >= 4 is 23.1 Å². The van der Waals surface area contributed by atoms with Gasteiger partial charge < -0.3 is 4.90 Å². The first kappa shape index (κ1) is 21.9. The summed E-state index contributed by atoms with van der Waals surface area (Å²) in [6, 6.07) is 26.6. The molecule has 3 aromatic carbocycles. The van der Waals surface area contributed by atoms with Gasteiger partial charge in [0.25, 0.3) is 0 Å². The van der Waals surface area contributed by atoms with Crippen LogP contribution in [0.5, 0.6) is 0 Å². The third-order valence-corrected chi connectivity index (χ3v) is 5.88. The van der Waals surface area contributed by atoms with E-state index in [0.717, 1.165) is 17.7 Å². The summed E-state index contributed by atoms with van der Waals surface area (Å²) in [5.74, 6) is 0. The average molecular weight is 398 g/mol. The predicted molar refractivity (Wildman–Crippen MR) is 133 cm³/mol. The molecular formula is C29H35N. The first-order valence-electron chi connectivity index (χ1n) is 11.2. The van der Waals surface area contributed by atoms with Crippen LogP contribution in [0.15, 0.2) is 79.4 Å². The molecule has 0 bridgehead atoms. The normalized spacial score (nSPS) is 11.3. The van der Waals surface area contributed by atoms with Crippen molar-refractivity contribution < 1.29 is 0 Å². The van der Waals surface area contributed by atoms with E-state index in [1.54, 1.807) is 0 Å². The van der Waals surface area contributed by atoms with E-state index < -0.39 is 0 Å². The third-order valence-electron chi connectivity index (χ3n) is 5.88. The number of hydrogen-bond acceptors (Lipinski definition) is 1. The molecule has 0 aliphatic heterocycles. The van der Waals surface area contributed by atoms with E-state index in [2.05, 4.69) is 112 Å². The largest absolute Gasteiger partial charge is 0.310 e. The highest BCUT2D eigenvalue weighted by molar-refractivity contribution is 5.78. The molecule has 0 atom stereocenters. The van der Waals surface area contributed by atoms with Crippen LogP contribution in [0.25, 0.3) is 6.08 Å². The molecule has 0 unspecified atom stereocenters. The standard InChI is InChI=1S/C29H35N/c1-6-10-24-13-17-26(18-14-24)30(28-12-9-11-23(8-3)22-28)27-19-15-25(16-20-27)29(4,5)21-7-2/h8-9,11-20,22H,3,6-7,10,21H2,1-2,4-5H3. The van der Waals surface area contributed by atoms with E-state index in [9.17, 15) is 0 Å². The molecule has 0 aliphatic carbocycles. The molecule has 0 aliphatic rings. The molecule has 0 aromatic heterocycles. The summed E-state index contributed by atoms with van der Waals surface area (Å²) in [5.41, 5.74) is 7.61. The molecule has 3 rings (SSSR count). The van der Waals surface area contributed by atoms with Gasteiger partial charge >= 0.3 is 0 Å². The first-order valence-corrected chi connectivity index (χ1v) is 11.2. The maximum Gasteiger partial charge on any atom is 0.0467 e. The lowest BCUT2D eigenvalue weighted by Gasteiger charge is -2.28. The first-order chi connectivity index (χ1) is 14.5. The van der Waals surface area contributed by atoms with Gasteiger partial charge in [0, 0.05) is 17.1 Å². The molecule has 0 amide bonds. The Hall–Kier alpha value is -2.80. The van der Waals surface area contributed by atoms with Crippen LogP contribution >= 0.6 is 0 Å². The quantitative estimate of drug-likeness (QED) is 0.348. The van der Waals surface area contributed by atoms with E-state index in [1.165, 1.54) is 41.8 Å². The van der Waals surface area contributed by atoms with Crippen molar-refractivity contribution in [3.63, 3.8) is 0 Å². The smallest absolute Gasteiger partial charge is 0.0467 e. The van der Waals surface area contributed by atoms with Crippen molar-refractivity contribution in [2.45, 2.75) is 58.8 Å². The number of anilines is 3. The van der Waals surface area contributed by atoms with Crippen LogP contribution in [0.4, 0.5) is 17.1 Å². The molecule has 0 spiro atoms. The lowest BCUT2D eigenvalue weighted by molar-refractivity contribution is 0.473. The Morgan fingerprint density at radius 1 is 0.800 bits per heavy atom. The number of nitrogens with zero attached hydrogens (tertiary/aromatic N) is 1. The lowest BCUT2D eigenvalue weighted by Crippen LogP contribution is -2.17. The van der Waals surface area contributed by atoms with Gasteiger partial charge in [-0.3, -0.25) is 0 Å². The van der Waals surface area contributed by atoms with Gasteiger partial charge in [-0.1, -0.05) is 89.6 Å². The van der Waals surface area contributed by atoms with Gasteiger partial charge in [-0.05, 0) is 71.3 Å². The Morgan fingerprint density at radius 3 is 2.00 bits per heavy atom. The maximum atomic E-state index is 3.95. The number of benzene rings is 3. The minimum absolute atomic E-state index is 0.197. The van der Waals surface area contributed by atoms with Gasteiger partial charge in [0.2, 0.25) is 0 Å². The van der Waals surface area contributed by atoms with Gasteiger partial charge in [0.15, 0.2) is 0 Å². The van der Waals surface area contributed by atoms with Crippen molar-refractivity contribution in [3.8, 4) is 0 Å². The fourth-order valence-electron chi connectivity index (χ4n) is 4.17. The number of aryl methyl sites for hydroxylation is 1. The van der Waals surface area contributed by atoms with Gasteiger partial charge in [-0.15, -0.1) is 0 Å². The van der Waals surface area contributed by atoms with Crippen LogP contribution in [-0.4, -0.2) is 0 Å². The monoisotopic (exact) mass is 397 g/mol. The second kappa shape index (κ2) is 9.80. The lowest BCUT2D eigenvalue weighted by atomic mass is 9.81. The molecule has 0 saturated heterocycles. The highest BCUT2D eigenvalue weighted by atomic mass is 15.1. The average Bonchev–Trinajstić information content (AvgIpc) is 2.76. The molecule has 1 nitrogen and oxygen atoms in total. The molecule has 0 heterocycles. The zero-order valence-corrected chi connectivity index (χ0v) is 19.0. The van der Waals surface area contributed by atoms with E-state index in [1.807, 2.05) is 6.08 Å². The van der Waals surface area contributed by atoms with Gasteiger partial charge in [0.05, 0.1) is 0 Å². The summed E-state index contributed by atoms with van der Waals surface area (Å²) in [6.07, 6.45) is 6.57. The summed E-state index contributed by atoms with van der Waals surface area (Å²) in [4.78, 5) is 2.33. The van der Waals surface area contributed by atoms with E-state index in [4.69, 9.17) is 0 Å². The Bertz CT molecular complexity index is 948. The maximum absolute atomic E-state index is 3.95. The molecule has 0 fully saturated rings. The summed E-state index contributed by atoms with van der Waals surface area (Å²) in [7, 11) is 0. The topological polar surface area (TPSA) is 3.24 Å². The zero-order valence-electron chi connectivity index (χ0n) is 19.0. The third kappa shape index (κ3) is 5.02. The van der Waals surface area contributed by atoms with Crippen LogP contribution < -0.4 is 4.90 Å². The Labute approximate surface area is 183 Å². The highest BCUT2D eigenvalue weighted by Gasteiger charge is 2.20. The van der Waals surface area contributed by atoms with Crippen LogP contribution in [-0.2, 0) is 11.8 Å². The molecule has 0 N–H and O–H groups in total. The summed E-state index contributed by atoms with van der Waals surface area (Å²) >= 11 is 0. The van der Waals surface area contributed by atoms with Gasteiger partial charge in [-0.2, -0.15) is 0 Å². The van der Waals surface area contributed by atoms with Crippen molar-refractivity contribution in [1.82, 2.24) is 0 Å². The molecule has 156 valence electrons. The summed E-state index contributed by atoms with van der Waals surface area (Å²) < 4.78 is 0. The fraction of sp³-hybridized carbons (Fsp3) is 0.310. The van der Waals surface area contributed by atoms with Crippen LogP contribution in [0.3, 0.4) is 0 Å². The molecule has 0 radical (unpaired) electrons. The van der Waals surface area contributed by atoms with Crippen LogP contribution in [0, 0.1) is 0 Å². The number of hydrogen-bond donors (Lipinski definition) is 0. The molecular weight excluding hydrogens is 362 g/mol. The van der Waals surface area contributed by atoms with Crippen molar-refractivity contribution in [3.05, 3.63) is 96.1 Å². The highest BCUT2D eigenvalue weighted by Crippen LogP contribution is 2.37. The summed E-state index contributed by atoms with van der Waals surface area (Å²) in [6.45, 7) is 13.1. The Balaban J connectivity index is 2.04. The van der Waals surface area contributed by atoms with E-state index in [-0.39, 0.29) is 5.41 Å². The SMILES string of the molecule is C=Cc1cccc(N(c2ccc(CCC)cc2)c2ccc(C(C)(C)CCC)cc2)c1. The molecule has 30 heavy (non-hydrogen) atoms. The Morgan fingerprint density at radius 2 is 1.43 bits per heavy atom. The predicted octanol–water partition coefficient (Wildman–Crippen LogP) is 8.83. The van der Waals surface area contributed by atoms with Crippen LogP contribution in [0.2, 0.25) is 0 Å². The number of rotatable bonds is 9. The van der Waals surface area contributed by atoms with Crippen LogP contribution in [0.1, 0.15) is 63.6 Å². The summed E-state index contributed by atoms with van der Waals surface area (Å²) in [5, 5.41) is 0. The minimum atomic E-state index is 0.197. The van der Waals surface area contributed by atoms with Crippen molar-refractivity contribution in [2.75, 3.05) is 4.90 Å². The van der Waals surface area contributed by atoms with E-state index >= 15 is 0 Å². The van der Waals surface area contributed by atoms with E-state index in [0.29, 0.717) is 0 Å². The van der Waals surface area contributed by atoms with Gasteiger partial charge in [0.1, 0.15) is 0 Å². The minimum Gasteiger partial charge on any atom is -0.310 e. The zero-order chi connectivity index (χ0) is 21.6. The second-order valence-electron chi connectivity index (χ2n) is 8.73. The molecule has 0 saturated carbocycles. The second-order valence-corrected chi connectivity index (χ2v) is 8.73. The molecule has 1 heteroatoms.